The fraction of sp³-hybridized carbons (Fsp3) is 0.132. The second kappa shape index (κ2) is 13.7. The zero-order valence-corrected chi connectivity index (χ0v) is 31.6. The smallest absolute Gasteiger partial charge is 0.0467 e. The first kappa shape index (κ1) is 33.6. The molecule has 0 heterocycles. The van der Waals surface area contributed by atoms with Crippen LogP contribution in [0.3, 0.4) is 0 Å². The van der Waals surface area contributed by atoms with Crippen LogP contribution in [0.25, 0.3) is 50.1 Å². The molecular weight excluding hydrogens is 651 g/mol. The van der Waals surface area contributed by atoms with Gasteiger partial charge in [-0.3, -0.25) is 0 Å². The average Bonchev–Trinajstić information content (AvgIpc) is 3.44. The number of anilines is 3. The third-order valence-electron chi connectivity index (χ3n) is 11.6. The van der Waals surface area contributed by atoms with Crippen LogP contribution in [0.2, 0.25) is 0 Å². The van der Waals surface area contributed by atoms with E-state index >= 15 is 0 Å². The number of fused-ring (bicyclic) bond motifs is 3. The minimum Gasteiger partial charge on any atom is -0.310 e. The van der Waals surface area contributed by atoms with Gasteiger partial charge in [0, 0.05) is 22.5 Å². The Morgan fingerprint density at radius 3 is 1.91 bits per heavy atom. The van der Waals surface area contributed by atoms with E-state index in [-0.39, 0.29) is 5.41 Å². The molecule has 0 unspecified atom stereocenters. The maximum atomic E-state index is 2.43. The first-order valence-electron chi connectivity index (χ1n) is 19.2. The number of rotatable bonds is 7. The van der Waals surface area contributed by atoms with E-state index in [1.54, 1.807) is 0 Å². The van der Waals surface area contributed by atoms with Gasteiger partial charge in [0.25, 0.3) is 0 Å². The summed E-state index contributed by atoms with van der Waals surface area (Å²) in [6.45, 7) is 9.16. The van der Waals surface area contributed by atoms with Crippen molar-refractivity contribution in [2.24, 2.45) is 0 Å². The van der Waals surface area contributed by atoms with E-state index in [1.807, 2.05) is 0 Å². The molecule has 54 heavy (non-hydrogen) atoms. The normalized spacial score (nSPS) is 14.0. The summed E-state index contributed by atoms with van der Waals surface area (Å²) in [5.41, 5.74) is 21.5. The molecule has 0 radical (unpaired) electrons. The molecule has 0 aromatic heterocycles. The van der Waals surface area contributed by atoms with Gasteiger partial charge >= 0.3 is 0 Å². The van der Waals surface area contributed by atoms with Crippen LogP contribution in [0.1, 0.15) is 54.5 Å². The van der Waals surface area contributed by atoms with E-state index < -0.39 is 0 Å². The predicted molar refractivity (Wildman–Crippen MR) is 231 cm³/mol. The molecule has 0 bridgehead atoms. The topological polar surface area (TPSA) is 3.24 Å². The van der Waals surface area contributed by atoms with Crippen molar-refractivity contribution in [1.82, 2.24) is 0 Å². The monoisotopic (exact) mass is 695 g/mol. The Morgan fingerprint density at radius 2 is 1.11 bits per heavy atom. The van der Waals surface area contributed by atoms with Crippen LogP contribution in [0, 0.1) is 13.8 Å². The standard InChI is InChI=1S/C53H45N/c1-36-15-11-12-23-46(36)52-37(2)16-13-24-47(52)39-25-29-44(30-26-39)54(43-20-9-6-10-21-43)45-22-14-19-40(33-45)41-28-32-50-49(34-41)48-31-27-42(35-51(48)53(50,3)4)38-17-7-5-8-18-38/h6-7,9-35H,5,8H2,1-4H3. The Morgan fingerprint density at radius 1 is 0.444 bits per heavy atom. The highest BCUT2D eigenvalue weighted by molar-refractivity contribution is 5.90. The molecule has 262 valence electrons. The van der Waals surface area contributed by atoms with Gasteiger partial charge in [0.05, 0.1) is 0 Å². The molecule has 0 fully saturated rings. The lowest BCUT2D eigenvalue weighted by molar-refractivity contribution is 0.660. The summed E-state index contributed by atoms with van der Waals surface area (Å²) in [4.78, 5) is 2.37. The van der Waals surface area contributed by atoms with Gasteiger partial charge in [-0.05, 0) is 153 Å². The lowest BCUT2D eigenvalue weighted by Gasteiger charge is -2.26. The summed E-state index contributed by atoms with van der Waals surface area (Å²) in [5.74, 6) is 0. The molecule has 2 aliphatic carbocycles. The minimum absolute atomic E-state index is 0.0601. The number of allylic oxidation sites excluding steroid dienone is 4. The first-order chi connectivity index (χ1) is 26.4. The van der Waals surface area contributed by atoms with Crippen molar-refractivity contribution in [3.63, 3.8) is 0 Å². The quantitative estimate of drug-likeness (QED) is 0.160. The second-order valence-electron chi connectivity index (χ2n) is 15.4. The van der Waals surface area contributed by atoms with Crippen LogP contribution in [0.4, 0.5) is 17.1 Å². The predicted octanol–water partition coefficient (Wildman–Crippen LogP) is 14.8. The van der Waals surface area contributed by atoms with E-state index in [9.17, 15) is 0 Å². The summed E-state index contributed by atoms with van der Waals surface area (Å²) in [6, 6.07) is 58.3. The highest BCUT2D eigenvalue weighted by Crippen LogP contribution is 2.51. The Hall–Kier alpha value is -6.18. The molecule has 7 aromatic rings. The van der Waals surface area contributed by atoms with Crippen LogP contribution in [-0.2, 0) is 5.41 Å². The van der Waals surface area contributed by atoms with Gasteiger partial charge in [-0.15, -0.1) is 0 Å². The van der Waals surface area contributed by atoms with Gasteiger partial charge in [-0.2, -0.15) is 0 Å². The largest absolute Gasteiger partial charge is 0.310 e. The van der Waals surface area contributed by atoms with Gasteiger partial charge in [0.15, 0.2) is 0 Å². The summed E-state index contributed by atoms with van der Waals surface area (Å²) < 4.78 is 0. The lowest BCUT2D eigenvalue weighted by atomic mass is 9.81. The van der Waals surface area contributed by atoms with Gasteiger partial charge in [0.1, 0.15) is 0 Å². The summed E-state index contributed by atoms with van der Waals surface area (Å²) in [7, 11) is 0. The zero-order valence-electron chi connectivity index (χ0n) is 31.6. The summed E-state index contributed by atoms with van der Waals surface area (Å²) >= 11 is 0. The molecule has 1 heteroatoms. The average molecular weight is 696 g/mol. The van der Waals surface area contributed by atoms with Crippen LogP contribution in [0.5, 0.6) is 0 Å². The Bertz CT molecular complexity index is 2580. The maximum absolute atomic E-state index is 2.43. The third-order valence-corrected chi connectivity index (χ3v) is 11.6. The third kappa shape index (κ3) is 5.91. The van der Waals surface area contributed by atoms with Crippen LogP contribution in [-0.4, -0.2) is 0 Å². The van der Waals surface area contributed by atoms with Gasteiger partial charge in [-0.1, -0.05) is 141 Å². The first-order valence-corrected chi connectivity index (χ1v) is 19.2. The number of hydrogen-bond acceptors (Lipinski definition) is 1. The Kier molecular flexibility index (Phi) is 8.51. The molecule has 0 N–H and O–H groups in total. The van der Waals surface area contributed by atoms with Gasteiger partial charge in [0.2, 0.25) is 0 Å². The molecule has 1 nitrogen and oxygen atoms in total. The molecule has 0 saturated carbocycles. The fourth-order valence-corrected chi connectivity index (χ4v) is 8.70. The van der Waals surface area contributed by atoms with Crippen molar-refractivity contribution >= 4 is 22.6 Å². The number of para-hydroxylation sites is 1. The molecule has 0 atom stereocenters. The molecule has 7 aromatic carbocycles. The summed E-state index contributed by atoms with van der Waals surface area (Å²) in [6.07, 6.45) is 9.20. The van der Waals surface area contributed by atoms with Crippen molar-refractivity contribution in [2.45, 2.75) is 46.0 Å². The highest BCUT2D eigenvalue weighted by Gasteiger charge is 2.36. The van der Waals surface area contributed by atoms with Crippen molar-refractivity contribution in [3.05, 3.63) is 204 Å². The maximum Gasteiger partial charge on any atom is 0.0467 e. The summed E-state index contributed by atoms with van der Waals surface area (Å²) in [5, 5.41) is 0. The minimum atomic E-state index is -0.0601. The molecule has 0 saturated heterocycles. The number of benzene rings is 7. The number of nitrogens with zero attached hydrogens (tertiary/aromatic N) is 1. The van der Waals surface area contributed by atoms with E-state index in [0.29, 0.717) is 0 Å². The Labute approximate surface area is 320 Å². The Balaban J connectivity index is 1.09. The van der Waals surface area contributed by atoms with E-state index in [1.165, 1.54) is 77.9 Å². The van der Waals surface area contributed by atoms with Gasteiger partial charge in [-0.25, -0.2) is 0 Å². The van der Waals surface area contributed by atoms with Crippen molar-refractivity contribution in [3.8, 4) is 44.5 Å². The fourth-order valence-electron chi connectivity index (χ4n) is 8.70. The zero-order chi connectivity index (χ0) is 36.8. The molecule has 0 spiro atoms. The van der Waals surface area contributed by atoms with E-state index in [4.69, 9.17) is 0 Å². The van der Waals surface area contributed by atoms with Crippen molar-refractivity contribution in [2.75, 3.05) is 4.90 Å². The SMILES string of the molecule is Cc1ccccc1-c1c(C)cccc1-c1ccc(N(c2ccccc2)c2cccc(-c3ccc4c(c3)-c3ccc(C5=CCCC=C5)cc3C4(C)C)c2)cc1. The highest BCUT2D eigenvalue weighted by atomic mass is 15.1. The molecular formula is C53H45N. The number of aryl methyl sites for hydroxylation is 2. The molecule has 0 amide bonds. The van der Waals surface area contributed by atoms with Crippen LogP contribution < -0.4 is 4.90 Å². The molecule has 9 rings (SSSR count). The van der Waals surface area contributed by atoms with Crippen LogP contribution >= 0.6 is 0 Å². The van der Waals surface area contributed by atoms with E-state index in [0.717, 1.165) is 29.9 Å². The number of hydrogen-bond donors (Lipinski definition) is 0. The molecule has 0 aliphatic heterocycles. The van der Waals surface area contributed by atoms with Crippen molar-refractivity contribution in [1.29, 1.82) is 0 Å². The van der Waals surface area contributed by atoms with Crippen molar-refractivity contribution < 1.29 is 0 Å². The van der Waals surface area contributed by atoms with Crippen LogP contribution in [0.15, 0.2) is 176 Å². The van der Waals surface area contributed by atoms with Gasteiger partial charge < -0.3 is 4.90 Å². The second-order valence-corrected chi connectivity index (χ2v) is 15.4. The molecule has 2 aliphatic rings. The lowest BCUT2D eigenvalue weighted by Crippen LogP contribution is -2.15. The van der Waals surface area contributed by atoms with E-state index in [2.05, 4.69) is 209 Å².